The lowest BCUT2D eigenvalue weighted by Gasteiger charge is -2.32. The summed E-state index contributed by atoms with van der Waals surface area (Å²) in [5, 5.41) is 4.52. The molecule has 0 atom stereocenters. The zero-order valence-corrected chi connectivity index (χ0v) is 18.4. The van der Waals surface area contributed by atoms with Gasteiger partial charge in [0.05, 0.1) is 18.4 Å². The summed E-state index contributed by atoms with van der Waals surface area (Å²) in [6.07, 6.45) is 5.63. The lowest BCUT2D eigenvalue weighted by Crippen LogP contribution is -2.39. The van der Waals surface area contributed by atoms with Gasteiger partial charge in [0.15, 0.2) is 0 Å². The Morgan fingerprint density at radius 1 is 1.20 bits per heavy atom. The summed E-state index contributed by atoms with van der Waals surface area (Å²) in [6.45, 7) is 1.53. The van der Waals surface area contributed by atoms with Crippen LogP contribution in [0.1, 0.15) is 40.9 Å². The van der Waals surface area contributed by atoms with E-state index in [0.29, 0.717) is 24.3 Å². The molecule has 2 heterocycles. The Balaban J connectivity index is 1.51. The number of para-hydroxylation sites is 1. The number of hydrogen-bond acceptors (Lipinski definition) is 4. The number of hydrogen-bond donors (Lipinski definition) is 0. The molecule has 1 aliphatic heterocycles. The van der Waals surface area contributed by atoms with Gasteiger partial charge in [-0.1, -0.05) is 18.2 Å². The molecule has 1 saturated heterocycles. The lowest BCUT2D eigenvalue weighted by molar-refractivity contribution is -0.132. The van der Waals surface area contributed by atoms with E-state index in [1.54, 1.807) is 37.0 Å². The van der Waals surface area contributed by atoms with E-state index in [-0.39, 0.29) is 11.8 Å². The number of likely N-dealkylation sites (tertiary alicyclic amines) is 1. The second kappa shape index (κ2) is 9.78. The molecule has 1 fully saturated rings. The summed E-state index contributed by atoms with van der Waals surface area (Å²) in [5.41, 5.74) is 2.60. The Kier molecular flexibility index (Phi) is 7.13. The summed E-state index contributed by atoms with van der Waals surface area (Å²) < 4.78 is 7.09. The van der Waals surface area contributed by atoms with Gasteiger partial charge in [0.2, 0.25) is 5.91 Å². The summed E-state index contributed by atoms with van der Waals surface area (Å²) in [6, 6.07) is 7.85. The molecule has 0 saturated carbocycles. The van der Waals surface area contributed by atoms with Gasteiger partial charge in [0.25, 0.3) is 5.91 Å². The summed E-state index contributed by atoms with van der Waals surface area (Å²) in [7, 11) is 7.02. The molecule has 30 heavy (non-hydrogen) atoms. The topological polar surface area (TPSA) is 67.7 Å². The second-order valence-electron chi connectivity index (χ2n) is 8.20. The lowest BCUT2D eigenvalue weighted by atomic mass is 9.91. The van der Waals surface area contributed by atoms with Gasteiger partial charge < -0.3 is 14.5 Å². The molecule has 0 spiro atoms. The van der Waals surface area contributed by atoms with Crippen molar-refractivity contribution in [1.29, 1.82) is 0 Å². The number of amides is 2. The van der Waals surface area contributed by atoms with Crippen molar-refractivity contribution in [2.24, 2.45) is 13.0 Å². The number of carbonyl (C=O) groups is 2. The summed E-state index contributed by atoms with van der Waals surface area (Å²) in [5.74, 6) is 1.46. The van der Waals surface area contributed by atoms with Gasteiger partial charge in [0.1, 0.15) is 5.75 Å². The smallest absolute Gasteiger partial charge is 0.256 e. The fourth-order valence-electron chi connectivity index (χ4n) is 4.07. The van der Waals surface area contributed by atoms with Gasteiger partial charge in [-0.25, -0.2) is 0 Å². The van der Waals surface area contributed by atoms with Crippen molar-refractivity contribution < 1.29 is 14.3 Å². The SMILES string of the molecule is COc1ccccc1CCC(=O)N1CCC(Cc2nn(C)cc2C(=O)N(C)C)CC1. The number of rotatable bonds is 7. The largest absolute Gasteiger partial charge is 0.496 e. The number of nitrogens with zero attached hydrogens (tertiary/aromatic N) is 4. The Bertz CT molecular complexity index is 882. The van der Waals surface area contributed by atoms with Crippen molar-refractivity contribution in [3.05, 3.63) is 47.3 Å². The number of carbonyl (C=O) groups excluding carboxylic acids is 2. The van der Waals surface area contributed by atoms with Crippen molar-refractivity contribution >= 4 is 11.8 Å². The van der Waals surface area contributed by atoms with Gasteiger partial charge in [-0.3, -0.25) is 14.3 Å². The predicted octanol–water partition coefficient (Wildman–Crippen LogP) is 2.54. The summed E-state index contributed by atoms with van der Waals surface area (Å²) >= 11 is 0. The van der Waals surface area contributed by atoms with Crippen LogP contribution in [0.4, 0.5) is 0 Å². The first-order valence-electron chi connectivity index (χ1n) is 10.5. The molecule has 7 nitrogen and oxygen atoms in total. The van der Waals surface area contributed by atoms with Crippen molar-refractivity contribution in [2.75, 3.05) is 34.3 Å². The van der Waals surface area contributed by atoms with Gasteiger partial charge in [-0.05, 0) is 43.2 Å². The number of aromatic nitrogens is 2. The minimum atomic E-state index is -0.0120. The summed E-state index contributed by atoms with van der Waals surface area (Å²) in [4.78, 5) is 28.6. The molecule has 1 aromatic heterocycles. The van der Waals surface area contributed by atoms with E-state index < -0.39 is 0 Å². The van der Waals surface area contributed by atoms with E-state index in [2.05, 4.69) is 5.10 Å². The van der Waals surface area contributed by atoms with Crippen LogP contribution in [0.2, 0.25) is 0 Å². The molecule has 2 amide bonds. The molecule has 3 rings (SSSR count). The Morgan fingerprint density at radius 2 is 1.90 bits per heavy atom. The van der Waals surface area contributed by atoms with E-state index >= 15 is 0 Å². The van der Waals surface area contributed by atoms with Crippen LogP contribution in [0.25, 0.3) is 0 Å². The highest BCUT2D eigenvalue weighted by Crippen LogP contribution is 2.24. The molecule has 0 aliphatic carbocycles. The quantitative estimate of drug-likeness (QED) is 0.701. The number of benzene rings is 1. The van der Waals surface area contributed by atoms with Crippen LogP contribution < -0.4 is 4.74 Å². The van der Waals surface area contributed by atoms with E-state index in [1.807, 2.05) is 36.2 Å². The van der Waals surface area contributed by atoms with E-state index in [1.165, 1.54) is 0 Å². The van der Waals surface area contributed by atoms with Crippen molar-refractivity contribution in [3.63, 3.8) is 0 Å². The van der Waals surface area contributed by atoms with E-state index in [9.17, 15) is 9.59 Å². The molecule has 2 aromatic rings. The van der Waals surface area contributed by atoms with Crippen molar-refractivity contribution in [2.45, 2.75) is 32.1 Å². The maximum atomic E-state index is 12.7. The minimum Gasteiger partial charge on any atom is -0.496 e. The molecule has 1 aromatic carbocycles. The molecule has 0 N–H and O–H groups in total. The van der Waals surface area contributed by atoms with Crippen molar-refractivity contribution in [1.82, 2.24) is 19.6 Å². The highest BCUT2D eigenvalue weighted by atomic mass is 16.5. The van der Waals surface area contributed by atoms with E-state index in [4.69, 9.17) is 4.74 Å². The van der Waals surface area contributed by atoms with Gasteiger partial charge in [-0.15, -0.1) is 0 Å². The zero-order chi connectivity index (χ0) is 21.7. The minimum absolute atomic E-state index is 0.0120. The fourth-order valence-corrected chi connectivity index (χ4v) is 4.07. The maximum absolute atomic E-state index is 12.7. The molecule has 1 aliphatic rings. The first-order chi connectivity index (χ1) is 14.4. The maximum Gasteiger partial charge on any atom is 0.256 e. The highest BCUT2D eigenvalue weighted by molar-refractivity contribution is 5.94. The number of aryl methyl sites for hydroxylation is 2. The highest BCUT2D eigenvalue weighted by Gasteiger charge is 2.26. The number of methoxy groups -OCH3 is 1. The molecule has 7 heteroatoms. The second-order valence-corrected chi connectivity index (χ2v) is 8.20. The normalized spacial score (nSPS) is 14.6. The molecular weight excluding hydrogens is 380 g/mol. The zero-order valence-electron chi connectivity index (χ0n) is 18.4. The standard InChI is InChI=1S/C23H32N4O3/c1-25(2)23(29)19-16-26(3)24-20(19)15-17-11-13-27(14-12-17)22(28)10-9-18-7-5-6-8-21(18)30-4/h5-8,16-17H,9-15H2,1-4H3. The third kappa shape index (κ3) is 5.20. The monoisotopic (exact) mass is 412 g/mol. The predicted molar refractivity (Wildman–Crippen MR) is 116 cm³/mol. The average molecular weight is 413 g/mol. The average Bonchev–Trinajstić information content (AvgIpc) is 3.11. The van der Waals surface area contributed by atoms with Crippen LogP contribution in [-0.4, -0.2) is 65.7 Å². The van der Waals surface area contributed by atoms with Gasteiger partial charge in [0, 0.05) is 46.9 Å². The van der Waals surface area contributed by atoms with Gasteiger partial charge >= 0.3 is 0 Å². The number of piperidine rings is 1. The molecule has 0 unspecified atom stereocenters. The Morgan fingerprint density at radius 3 is 2.57 bits per heavy atom. The molecular formula is C23H32N4O3. The van der Waals surface area contributed by atoms with Crippen LogP contribution in [0, 0.1) is 5.92 Å². The third-order valence-electron chi connectivity index (χ3n) is 5.79. The van der Waals surface area contributed by atoms with Crippen LogP contribution in [0.5, 0.6) is 5.75 Å². The van der Waals surface area contributed by atoms with Crippen LogP contribution in [0.3, 0.4) is 0 Å². The van der Waals surface area contributed by atoms with Crippen molar-refractivity contribution in [3.8, 4) is 5.75 Å². The number of ether oxygens (including phenoxy) is 1. The van der Waals surface area contributed by atoms with Gasteiger partial charge in [-0.2, -0.15) is 5.10 Å². The third-order valence-corrected chi connectivity index (χ3v) is 5.79. The Labute approximate surface area is 178 Å². The van der Waals surface area contributed by atoms with Crippen LogP contribution in [-0.2, 0) is 24.7 Å². The first kappa shape index (κ1) is 21.9. The molecule has 0 bridgehead atoms. The first-order valence-corrected chi connectivity index (χ1v) is 10.5. The fraction of sp³-hybridized carbons (Fsp3) is 0.522. The van der Waals surface area contributed by atoms with Crippen LogP contribution >= 0.6 is 0 Å². The Hall–Kier alpha value is -2.83. The van der Waals surface area contributed by atoms with Crippen LogP contribution in [0.15, 0.2) is 30.5 Å². The molecule has 0 radical (unpaired) electrons. The van der Waals surface area contributed by atoms with E-state index in [0.717, 1.165) is 49.4 Å². The molecule has 162 valence electrons.